The van der Waals surface area contributed by atoms with Crippen LogP contribution in [0.25, 0.3) is 0 Å². The number of hydrogen-bond acceptors (Lipinski definition) is 3. The maximum Gasteiger partial charge on any atom is 0.261 e. The third-order valence-corrected chi connectivity index (χ3v) is 4.82. The molecule has 0 aliphatic heterocycles. The topological polar surface area (TPSA) is 72.2 Å². The van der Waals surface area contributed by atoms with Gasteiger partial charge >= 0.3 is 0 Å². The number of anilines is 2. The van der Waals surface area contributed by atoms with Gasteiger partial charge in [0.05, 0.1) is 10.6 Å². The lowest BCUT2D eigenvalue weighted by molar-refractivity contribution is 0.601. The molecule has 20 heavy (non-hydrogen) atoms. The Balaban J connectivity index is 2.41. The molecule has 0 aliphatic rings. The Hall–Kier alpha value is -1.53. The molecular weight excluding hydrogens is 340 g/mol. The van der Waals surface area contributed by atoms with Crippen molar-refractivity contribution in [2.24, 2.45) is 0 Å². The summed E-state index contributed by atoms with van der Waals surface area (Å²) in [6, 6.07) is 10.1. The molecule has 0 aromatic heterocycles. The van der Waals surface area contributed by atoms with Crippen molar-refractivity contribution in [1.82, 2.24) is 0 Å². The van der Waals surface area contributed by atoms with Crippen LogP contribution in [0.2, 0.25) is 0 Å². The Bertz CT molecular complexity index is 758. The van der Waals surface area contributed by atoms with Crippen molar-refractivity contribution in [2.75, 3.05) is 10.5 Å². The smallest absolute Gasteiger partial charge is 0.261 e. The number of nitrogens with two attached hydrogens (primary N) is 1. The van der Waals surface area contributed by atoms with Crippen LogP contribution in [-0.4, -0.2) is 8.42 Å². The number of nitrogen functional groups attached to an aromatic ring is 1. The van der Waals surface area contributed by atoms with E-state index in [4.69, 9.17) is 5.73 Å². The lowest BCUT2D eigenvalue weighted by Gasteiger charge is -2.13. The third-order valence-electron chi connectivity index (χ3n) is 2.96. The number of halogens is 1. The van der Waals surface area contributed by atoms with Crippen molar-refractivity contribution >= 4 is 37.3 Å². The molecule has 106 valence electrons. The molecule has 0 spiro atoms. The summed E-state index contributed by atoms with van der Waals surface area (Å²) in [7, 11) is -3.61. The minimum absolute atomic E-state index is 0.209. The van der Waals surface area contributed by atoms with Crippen molar-refractivity contribution < 1.29 is 8.42 Å². The van der Waals surface area contributed by atoms with E-state index in [0.29, 0.717) is 15.8 Å². The van der Waals surface area contributed by atoms with Gasteiger partial charge in [-0.15, -0.1) is 0 Å². The van der Waals surface area contributed by atoms with E-state index >= 15 is 0 Å². The predicted octanol–water partition coefficient (Wildman–Crippen LogP) is 3.45. The fourth-order valence-corrected chi connectivity index (χ4v) is 3.50. The van der Waals surface area contributed by atoms with Gasteiger partial charge in [-0.3, -0.25) is 4.72 Å². The van der Waals surface area contributed by atoms with Gasteiger partial charge in [0.2, 0.25) is 0 Å². The van der Waals surface area contributed by atoms with Gasteiger partial charge in [-0.05, 0) is 55.3 Å². The second kappa shape index (κ2) is 5.46. The van der Waals surface area contributed by atoms with Gasteiger partial charge in [0, 0.05) is 10.2 Å². The van der Waals surface area contributed by atoms with E-state index in [0.717, 1.165) is 11.1 Å². The highest BCUT2D eigenvalue weighted by Crippen LogP contribution is 2.25. The SMILES string of the molecule is Cc1cc(NS(=O)(=O)c2cccc(Br)c2)c(C)cc1N. The fraction of sp³-hybridized carbons (Fsp3) is 0.143. The summed E-state index contributed by atoms with van der Waals surface area (Å²) in [6.45, 7) is 3.65. The molecule has 0 radical (unpaired) electrons. The highest BCUT2D eigenvalue weighted by atomic mass is 79.9. The zero-order valence-electron chi connectivity index (χ0n) is 11.1. The molecular formula is C14H15BrN2O2S. The van der Waals surface area contributed by atoms with Gasteiger partial charge in [-0.2, -0.15) is 0 Å². The van der Waals surface area contributed by atoms with Crippen LogP contribution in [-0.2, 0) is 10.0 Å². The van der Waals surface area contributed by atoms with Crippen molar-refractivity contribution in [3.8, 4) is 0 Å². The van der Waals surface area contributed by atoms with Gasteiger partial charge in [0.1, 0.15) is 0 Å². The lowest BCUT2D eigenvalue weighted by atomic mass is 10.1. The predicted molar refractivity (Wildman–Crippen MR) is 85.3 cm³/mol. The molecule has 0 unspecified atom stereocenters. The summed E-state index contributed by atoms with van der Waals surface area (Å²) in [5, 5.41) is 0. The van der Waals surface area contributed by atoms with Gasteiger partial charge in [0.15, 0.2) is 0 Å². The number of sulfonamides is 1. The normalized spacial score (nSPS) is 11.3. The molecule has 4 nitrogen and oxygen atoms in total. The average molecular weight is 355 g/mol. The highest BCUT2D eigenvalue weighted by molar-refractivity contribution is 9.10. The molecule has 2 aromatic rings. The van der Waals surface area contributed by atoms with Crippen LogP contribution >= 0.6 is 15.9 Å². The summed E-state index contributed by atoms with van der Waals surface area (Å²) in [6.07, 6.45) is 0. The van der Waals surface area contributed by atoms with Crippen LogP contribution in [0.4, 0.5) is 11.4 Å². The van der Waals surface area contributed by atoms with E-state index in [-0.39, 0.29) is 4.90 Å². The summed E-state index contributed by atoms with van der Waals surface area (Å²) >= 11 is 3.27. The van der Waals surface area contributed by atoms with Gasteiger partial charge in [0.25, 0.3) is 10.0 Å². The first-order valence-electron chi connectivity index (χ1n) is 5.95. The number of rotatable bonds is 3. The monoisotopic (exact) mass is 354 g/mol. The van der Waals surface area contributed by atoms with Crippen LogP contribution < -0.4 is 10.5 Å². The molecule has 0 bridgehead atoms. The molecule has 2 rings (SSSR count). The maximum absolute atomic E-state index is 12.3. The second-order valence-electron chi connectivity index (χ2n) is 4.59. The van der Waals surface area contributed by atoms with E-state index in [1.54, 1.807) is 36.4 Å². The number of aryl methyl sites for hydroxylation is 2. The summed E-state index contributed by atoms with van der Waals surface area (Å²) < 4.78 is 28.0. The Morgan fingerprint density at radius 2 is 1.80 bits per heavy atom. The average Bonchev–Trinajstić information content (AvgIpc) is 2.36. The van der Waals surface area contributed by atoms with Crippen molar-refractivity contribution in [2.45, 2.75) is 18.7 Å². The van der Waals surface area contributed by atoms with E-state index in [2.05, 4.69) is 20.7 Å². The van der Waals surface area contributed by atoms with Crippen LogP contribution in [0.1, 0.15) is 11.1 Å². The van der Waals surface area contributed by atoms with Crippen LogP contribution in [0.5, 0.6) is 0 Å². The van der Waals surface area contributed by atoms with Crippen molar-refractivity contribution in [1.29, 1.82) is 0 Å². The molecule has 0 saturated heterocycles. The largest absolute Gasteiger partial charge is 0.399 e. The van der Waals surface area contributed by atoms with E-state index in [1.165, 1.54) is 0 Å². The lowest BCUT2D eigenvalue weighted by Crippen LogP contribution is -2.14. The third kappa shape index (κ3) is 3.13. The fourth-order valence-electron chi connectivity index (χ4n) is 1.79. The summed E-state index contributed by atoms with van der Waals surface area (Å²) in [5.74, 6) is 0. The van der Waals surface area contributed by atoms with Crippen LogP contribution in [0.3, 0.4) is 0 Å². The first-order chi connectivity index (χ1) is 9.29. The minimum atomic E-state index is -3.61. The Morgan fingerprint density at radius 3 is 2.45 bits per heavy atom. The van der Waals surface area contributed by atoms with Gasteiger partial charge in [-0.25, -0.2) is 8.42 Å². The maximum atomic E-state index is 12.3. The highest BCUT2D eigenvalue weighted by Gasteiger charge is 2.16. The van der Waals surface area contributed by atoms with Crippen molar-refractivity contribution in [3.63, 3.8) is 0 Å². The Morgan fingerprint density at radius 1 is 1.10 bits per heavy atom. The summed E-state index contributed by atoms with van der Waals surface area (Å²) in [4.78, 5) is 0.209. The standard InChI is InChI=1S/C14H15BrN2O2S/c1-9-7-14(10(2)6-13(9)16)17-20(18,19)12-5-3-4-11(15)8-12/h3-8,17H,16H2,1-2H3. The van der Waals surface area contributed by atoms with Crippen LogP contribution in [0.15, 0.2) is 45.8 Å². The summed E-state index contributed by atoms with van der Waals surface area (Å²) in [5.41, 5.74) is 8.61. The van der Waals surface area contributed by atoms with Crippen molar-refractivity contribution in [3.05, 3.63) is 52.0 Å². The van der Waals surface area contributed by atoms with E-state index in [9.17, 15) is 8.42 Å². The Labute approximate surface area is 127 Å². The number of nitrogens with one attached hydrogen (secondary N) is 1. The molecule has 6 heteroatoms. The zero-order valence-corrected chi connectivity index (χ0v) is 13.5. The van der Waals surface area contributed by atoms with Gasteiger partial charge < -0.3 is 5.73 Å². The number of benzene rings is 2. The van der Waals surface area contributed by atoms with E-state index in [1.807, 2.05) is 13.8 Å². The van der Waals surface area contributed by atoms with Gasteiger partial charge in [-0.1, -0.05) is 22.0 Å². The molecule has 0 amide bonds. The minimum Gasteiger partial charge on any atom is -0.399 e. The second-order valence-corrected chi connectivity index (χ2v) is 7.18. The molecule has 2 aromatic carbocycles. The molecule has 0 heterocycles. The quantitative estimate of drug-likeness (QED) is 0.829. The number of hydrogen-bond donors (Lipinski definition) is 2. The molecule has 0 atom stereocenters. The molecule has 0 aliphatic carbocycles. The zero-order chi connectivity index (χ0) is 14.9. The molecule has 3 N–H and O–H groups in total. The molecule has 0 saturated carbocycles. The first-order valence-corrected chi connectivity index (χ1v) is 8.22. The Kier molecular flexibility index (Phi) is 4.06. The first kappa shape index (κ1) is 14.9. The molecule has 0 fully saturated rings. The van der Waals surface area contributed by atoms with Crippen LogP contribution in [0, 0.1) is 13.8 Å². The van der Waals surface area contributed by atoms with E-state index < -0.39 is 10.0 Å².